The summed E-state index contributed by atoms with van der Waals surface area (Å²) in [4.78, 5) is 0. The van der Waals surface area contributed by atoms with Gasteiger partial charge in [0.05, 0.1) is 25.9 Å². The van der Waals surface area contributed by atoms with Crippen molar-refractivity contribution in [3.8, 4) is 11.8 Å². The normalized spacial score (nSPS) is 18.4. The fourth-order valence-electron chi connectivity index (χ4n) is 1.83. The van der Waals surface area contributed by atoms with Crippen molar-refractivity contribution in [2.24, 2.45) is 0 Å². The number of aliphatic hydroxyl groups is 1. The minimum atomic E-state index is 0.102. The Labute approximate surface area is 108 Å². The Morgan fingerprint density at radius 2 is 2.28 bits per heavy atom. The van der Waals surface area contributed by atoms with E-state index in [2.05, 4.69) is 11.8 Å². The van der Waals surface area contributed by atoms with Crippen LogP contribution in [0.4, 0.5) is 0 Å². The van der Waals surface area contributed by atoms with Crippen LogP contribution in [0.3, 0.4) is 0 Å². The van der Waals surface area contributed by atoms with E-state index in [4.69, 9.17) is 14.6 Å². The molecule has 3 heteroatoms. The molecule has 1 unspecified atom stereocenters. The molecule has 1 heterocycles. The lowest BCUT2D eigenvalue weighted by Gasteiger charge is -2.10. The molecule has 1 aliphatic rings. The van der Waals surface area contributed by atoms with Crippen LogP contribution >= 0.6 is 0 Å². The zero-order valence-corrected chi connectivity index (χ0v) is 10.4. The standard InChI is InChI=1S/C15H18O3/c16-9-4-3-6-13-5-1-2-7-14(13)11-18-15-8-10-17-12-15/h1-2,5,7,15-16H,4,8-12H2. The first-order valence-electron chi connectivity index (χ1n) is 6.27. The van der Waals surface area contributed by atoms with Crippen LogP contribution < -0.4 is 0 Å². The van der Waals surface area contributed by atoms with Gasteiger partial charge in [-0.3, -0.25) is 0 Å². The molecule has 1 aromatic rings. The molecule has 0 saturated carbocycles. The predicted octanol–water partition coefficient (Wildman–Crippen LogP) is 1.73. The summed E-state index contributed by atoms with van der Waals surface area (Å²) in [6.45, 7) is 2.16. The van der Waals surface area contributed by atoms with Crippen molar-refractivity contribution >= 4 is 0 Å². The average molecular weight is 246 g/mol. The van der Waals surface area contributed by atoms with Gasteiger partial charge in [0.25, 0.3) is 0 Å². The maximum Gasteiger partial charge on any atom is 0.0835 e. The number of hydrogen-bond acceptors (Lipinski definition) is 3. The second kappa shape index (κ2) is 7.17. The van der Waals surface area contributed by atoms with Gasteiger partial charge in [-0.25, -0.2) is 0 Å². The summed E-state index contributed by atoms with van der Waals surface area (Å²) in [7, 11) is 0. The molecule has 0 spiro atoms. The van der Waals surface area contributed by atoms with Crippen molar-refractivity contribution in [3.63, 3.8) is 0 Å². The van der Waals surface area contributed by atoms with Crippen molar-refractivity contribution in [1.29, 1.82) is 0 Å². The maximum absolute atomic E-state index is 8.72. The molecule has 0 radical (unpaired) electrons. The second-order valence-corrected chi connectivity index (χ2v) is 4.23. The van der Waals surface area contributed by atoms with E-state index in [9.17, 15) is 0 Å². The van der Waals surface area contributed by atoms with Gasteiger partial charge in [0.2, 0.25) is 0 Å². The molecular weight excluding hydrogens is 228 g/mol. The Balaban J connectivity index is 1.96. The van der Waals surface area contributed by atoms with E-state index >= 15 is 0 Å². The molecule has 1 aliphatic heterocycles. The van der Waals surface area contributed by atoms with E-state index in [0.717, 1.165) is 24.2 Å². The van der Waals surface area contributed by atoms with Crippen LogP contribution in [0.5, 0.6) is 0 Å². The van der Waals surface area contributed by atoms with Crippen LogP contribution in [0.15, 0.2) is 24.3 Å². The van der Waals surface area contributed by atoms with Crippen molar-refractivity contribution in [2.45, 2.75) is 25.6 Å². The number of aliphatic hydroxyl groups excluding tert-OH is 1. The third kappa shape index (κ3) is 3.85. The molecule has 1 aromatic carbocycles. The molecule has 2 rings (SSSR count). The number of hydrogen-bond donors (Lipinski definition) is 1. The van der Waals surface area contributed by atoms with Crippen LogP contribution in [0.1, 0.15) is 24.0 Å². The predicted molar refractivity (Wildman–Crippen MR) is 69.0 cm³/mol. The van der Waals surface area contributed by atoms with Crippen LogP contribution in [0, 0.1) is 11.8 Å². The largest absolute Gasteiger partial charge is 0.395 e. The Kier molecular flexibility index (Phi) is 5.22. The molecule has 1 N–H and O–H groups in total. The average Bonchev–Trinajstić information content (AvgIpc) is 2.91. The summed E-state index contributed by atoms with van der Waals surface area (Å²) in [6.07, 6.45) is 1.69. The highest BCUT2D eigenvalue weighted by molar-refractivity contribution is 5.40. The van der Waals surface area contributed by atoms with Gasteiger partial charge in [-0.15, -0.1) is 0 Å². The molecule has 3 nitrogen and oxygen atoms in total. The Hall–Kier alpha value is -1.34. The van der Waals surface area contributed by atoms with Crippen molar-refractivity contribution in [3.05, 3.63) is 35.4 Å². The van der Waals surface area contributed by atoms with E-state index in [0.29, 0.717) is 19.6 Å². The third-order valence-corrected chi connectivity index (χ3v) is 2.84. The molecule has 0 amide bonds. The lowest BCUT2D eigenvalue weighted by molar-refractivity contribution is 0.0317. The fourth-order valence-corrected chi connectivity index (χ4v) is 1.83. The van der Waals surface area contributed by atoms with Gasteiger partial charge in [0.15, 0.2) is 0 Å². The van der Waals surface area contributed by atoms with Crippen LogP contribution in [-0.4, -0.2) is 31.0 Å². The molecule has 0 aromatic heterocycles. The van der Waals surface area contributed by atoms with E-state index in [1.807, 2.05) is 24.3 Å². The SMILES string of the molecule is OCCC#Cc1ccccc1COC1CCOC1. The summed E-state index contributed by atoms with van der Waals surface area (Å²) in [5.41, 5.74) is 2.07. The Morgan fingerprint density at radius 3 is 3.06 bits per heavy atom. The number of ether oxygens (including phenoxy) is 2. The zero-order chi connectivity index (χ0) is 12.6. The quantitative estimate of drug-likeness (QED) is 0.822. The summed E-state index contributed by atoms with van der Waals surface area (Å²) < 4.78 is 11.1. The lowest BCUT2D eigenvalue weighted by atomic mass is 10.1. The molecule has 1 fully saturated rings. The van der Waals surface area contributed by atoms with Crippen LogP contribution in [0.2, 0.25) is 0 Å². The number of rotatable bonds is 4. The Morgan fingerprint density at radius 1 is 1.39 bits per heavy atom. The van der Waals surface area contributed by atoms with E-state index in [1.54, 1.807) is 0 Å². The third-order valence-electron chi connectivity index (χ3n) is 2.84. The topological polar surface area (TPSA) is 38.7 Å². The summed E-state index contributed by atoms with van der Waals surface area (Å²) in [5, 5.41) is 8.72. The minimum absolute atomic E-state index is 0.102. The molecule has 1 saturated heterocycles. The summed E-state index contributed by atoms with van der Waals surface area (Å²) in [6, 6.07) is 7.96. The van der Waals surface area contributed by atoms with Crippen LogP contribution in [0.25, 0.3) is 0 Å². The van der Waals surface area contributed by atoms with Gasteiger partial charge in [0.1, 0.15) is 0 Å². The maximum atomic E-state index is 8.72. The fraction of sp³-hybridized carbons (Fsp3) is 0.467. The highest BCUT2D eigenvalue weighted by Crippen LogP contribution is 2.14. The molecule has 0 aliphatic carbocycles. The highest BCUT2D eigenvalue weighted by Gasteiger charge is 2.16. The van der Waals surface area contributed by atoms with Gasteiger partial charge < -0.3 is 14.6 Å². The molecule has 0 bridgehead atoms. The first-order valence-corrected chi connectivity index (χ1v) is 6.27. The summed E-state index contributed by atoms with van der Waals surface area (Å²) >= 11 is 0. The molecule has 1 atom stereocenters. The highest BCUT2D eigenvalue weighted by atomic mass is 16.5. The zero-order valence-electron chi connectivity index (χ0n) is 10.4. The molecular formula is C15H18O3. The van der Waals surface area contributed by atoms with Crippen molar-refractivity contribution in [1.82, 2.24) is 0 Å². The van der Waals surface area contributed by atoms with Crippen molar-refractivity contribution < 1.29 is 14.6 Å². The van der Waals surface area contributed by atoms with Gasteiger partial charge in [-0.1, -0.05) is 30.0 Å². The second-order valence-electron chi connectivity index (χ2n) is 4.23. The van der Waals surface area contributed by atoms with Gasteiger partial charge in [-0.05, 0) is 18.1 Å². The monoisotopic (exact) mass is 246 g/mol. The van der Waals surface area contributed by atoms with E-state index in [-0.39, 0.29) is 12.7 Å². The van der Waals surface area contributed by atoms with Gasteiger partial charge in [0, 0.05) is 18.6 Å². The molecule has 18 heavy (non-hydrogen) atoms. The minimum Gasteiger partial charge on any atom is -0.395 e. The first-order chi connectivity index (χ1) is 8.90. The van der Waals surface area contributed by atoms with Crippen molar-refractivity contribution in [2.75, 3.05) is 19.8 Å². The lowest BCUT2D eigenvalue weighted by Crippen LogP contribution is -2.12. The molecule has 96 valence electrons. The smallest absolute Gasteiger partial charge is 0.0835 e. The van der Waals surface area contributed by atoms with Crippen LogP contribution in [-0.2, 0) is 16.1 Å². The van der Waals surface area contributed by atoms with Gasteiger partial charge >= 0.3 is 0 Å². The summed E-state index contributed by atoms with van der Waals surface area (Å²) in [5.74, 6) is 6.01. The Bertz CT molecular complexity index is 425. The van der Waals surface area contributed by atoms with E-state index < -0.39 is 0 Å². The number of benzene rings is 1. The van der Waals surface area contributed by atoms with Gasteiger partial charge in [-0.2, -0.15) is 0 Å². The van der Waals surface area contributed by atoms with E-state index in [1.165, 1.54) is 0 Å². The first kappa shape index (κ1) is 13.1.